The van der Waals surface area contributed by atoms with Crippen molar-refractivity contribution in [3.8, 4) is 11.3 Å². The van der Waals surface area contributed by atoms with Crippen LogP contribution in [0.3, 0.4) is 0 Å². The molecule has 0 fully saturated rings. The lowest BCUT2D eigenvalue weighted by Gasteiger charge is -2.03. The van der Waals surface area contributed by atoms with Crippen LogP contribution in [-0.4, -0.2) is 19.6 Å². The minimum absolute atomic E-state index is 0.107. The van der Waals surface area contributed by atoms with Crippen LogP contribution in [-0.2, 0) is 6.18 Å². The van der Waals surface area contributed by atoms with Crippen LogP contribution in [0.15, 0.2) is 36.5 Å². The van der Waals surface area contributed by atoms with E-state index in [0.717, 1.165) is 4.52 Å². The van der Waals surface area contributed by atoms with Crippen LogP contribution in [0.1, 0.15) is 5.82 Å². The minimum atomic E-state index is -4.61. The predicted octanol–water partition coefficient (Wildman–Crippen LogP) is 3.46. The minimum Gasteiger partial charge on any atom is -0.220 e. The summed E-state index contributed by atoms with van der Waals surface area (Å²) in [6.45, 7) is 0. The smallest absolute Gasteiger partial charge is 0.220 e. The number of benzene rings is 1. The molecule has 0 aliphatic heterocycles. The maximum Gasteiger partial charge on any atom is 0.453 e. The molecular formula is C12H6ClF3N4. The summed E-state index contributed by atoms with van der Waals surface area (Å²) < 4.78 is 39.0. The van der Waals surface area contributed by atoms with Crippen LogP contribution in [0.2, 0.25) is 5.02 Å². The maximum atomic E-state index is 12.6. The second kappa shape index (κ2) is 4.45. The molecule has 20 heavy (non-hydrogen) atoms. The highest BCUT2D eigenvalue weighted by Crippen LogP contribution is 2.28. The summed E-state index contributed by atoms with van der Waals surface area (Å²) in [7, 11) is 0. The molecule has 0 N–H and O–H groups in total. The van der Waals surface area contributed by atoms with Gasteiger partial charge in [-0.3, -0.25) is 0 Å². The number of hydrogen-bond donors (Lipinski definition) is 0. The van der Waals surface area contributed by atoms with Gasteiger partial charge in [0.15, 0.2) is 0 Å². The van der Waals surface area contributed by atoms with Crippen LogP contribution in [0.4, 0.5) is 13.2 Å². The normalized spacial score (nSPS) is 12.0. The summed E-state index contributed by atoms with van der Waals surface area (Å²) in [6.07, 6.45) is -3.22. The number of nitrogens with zero attached hydrogens (tertiary/aromatic N) is 4. The maximum absolute atomic E-state index is 12.6. The molecule has 4 nitrogen and oxygen atoms in total. The average molecular weight is 299 g/mol. The number of fused-ring (bicyclic) bond motifs is 1. The number of aromatic nitrogens is 4. The van der Waals surface area contributed by atoms with Gasteiger partial charge in [-0.25, -0.2) is 4.98 Å². The first-order valence-electron chi connectivity index (χ1n) is 5.50. The van der Waals surface area contributed by atoms with Crippen molar-refractivity contribution in [2.24, 2.45) is 0 Å². The monoisotopic (exact) mass is 298 g/mol. The van der Waals surface area contributed by atoms with Gasteiger partial charge in [-0.05, 0) is 18.2 Å². The van der Waals surface area contributed by atoms with Crippen LogP contribution in [0, 0.1) is 0 Å². The Balaban J connectivity index is 2.21. The summed E-state index contributed by atoms with van der Waals surface area (Å²) in [6, 6.07) is 8.22. The molecular weight excluding hydrogens is 293 g/mol. The number of halogens is 4. The molecule has 0 saturated carbocycles. The Labute approximate surface area is 115 Å². The van der Waals surface area contributed by atoms with Crippen LogP contribution in [0.5, 0.6) is 0 Å². The lowest BCUT2D eigenvalue weighted by molar-refractivity contribution is -0.144. The third-order valence-electron chi connectivity index (χ3n) is 2.63. The highest BCUT2D eigenvalue weighted by molar-refractivity contribution is 6.30. The summed E-state index contributed by atoms with van der Waals surface area (Å²) in [4.78, 5) is 7.16. The van der Waals surface area contributed by atoms with Crippen LogP contribution < -0.4 is 0 Å². The Bertz CT molecular complexity index is 764. The molecule has 2 aromatic heterocycles. The van der Waals surface area contributed by atoms with Gasteiger partial charge in [0.1, 0.15) is 0 Å². The SMILES string of the molecule is FC(F)(F)c1nc2nccc(-c3ccc(Cl)cc3)n2n1. The first-order valence-corrected chi connectivity index (χ1v) is 5.88. The van der Waals surface area contributed by atoms with E-state index in [1.807, 2.05) is 0 Å². The summed E-state index contributed by atoms with van der Waals surface area (Å²) in [5, 5.41) is 4.00. The van der Waals surface area contributed by atoms with Crippen molar-refractivity contribution in [2.75, 3.05) is 0 Å². The standard InChI is InChI=1S/C12H6ClF3N4/c13-8-3-1-7(2-4-8)9-5-6-17-11-18-10(12(14,15)16)19-20(9)11/h1-6H. The zero-order valence-electron chi connectivity index (χ0n) is 9.76. The Morgan fingerprint density at radius 3 is 2.40 bits per heavy atom. The molecule has 1 aromatic carbocycles. The Hall–Kier alpha value is -2.15. The van der Waals surface area contributed by atoms with Gasteiger partial charge in [-0.15, -0.1) is 5.10 Å². The molecule has 102 valence electrons. The third kappa shape index (κ3) is 2.20. The average Bonchev–Trinajstić information content (AvgIpc) is 2.83. The molecule has 2 heterocycles. The molecule has 3 aromatic rings. The second-order valence-electron chi connectivity index (χ2n) is 3.98. The second-order valence-corrected chi connectivity index (χ2v) is 4.42. The fourth-order valence-electron chi connectivity index (χ4n) is 1.75. The van der Waals surface area contributed by atoms with Gasteiger partial charge in [0.2, 0.25) is 0 Å². The lowest BCUT2D eigenvalue weighted by atomic mass is 10.1. The molecule has 8 heteroatoms. The van der Waals surface area contributed by atoms with E-state index in [1.165, 1.54) is 6.20 Å². The van der Waals surface area contributed by atoms with Crippen molar-refractivity contribution in [3.05, 3.63) is 47.4 Å². The molecule has 3 rings (SSSR count). The van der Waals surface area contributed by atoms with Crippen LogP contribution >= 0.6 is 11.6 Å². The molecule has 0 bridgehead atoms. The van der Waals surface area contributed by atoms with E-state index in [-0.39, 0.29) is 5.78 Å². The zero-order valence-corrected chi connectivity index (χ0v) is 10.5. The van der Waals surface area contributed by atoms with Crippen LogP contribution in [0.25, 0.3) is 17.0 Å². The van der Waals surface area contributed by atoms with E-state index < -0.39 is 12.0 Å². The Kier molecular flexibility index (Phi) is 2.86. The molecule has 0 saturated heterocycles. The highest BCUT2D eigenvalue weighted by atomic mass is 35.5. The van der Waals surface area contributed by atoms with Gasteiger partial charge < -0.3 is 0 Å². The number of hydrogen-bond acceptors (Lipinski definition) is 3. The lowest BCUT2D eigenvalue weighted by Crippen LogP contribution is -2.07. The van der Waals surface area contributed by atoms with Gasteiger partial charge in [-0.2, -0.15) is 22.7 Å². The van der Waals surface area contributed by atoms with Gasteiger partial charge >= 0.3 is 6.18 Å². The van der Waals surface area contributed by atoms with Gasteiger partial charge in [0.05, 0.1) is 5.69 Å². The van der Waals surface area contributed by atoms with E-state index in [9.17, 15) is 13.2 Å². The Morgan fingerprint density at radius 1 is 1.05 bits per heavy atom. The first-order chi connectivity index (χ1) is 9.45. The fraction of sp³-hybridized carbons (Fsp3) is 0.0833. The van der Waals surface area contributed by atoms with E-state index in [1.54, 1.807) is 30.3 Å². The van der Waals surface area contributed by atoms with E-state index in [2.05, 4.69) is 15.1 Å². The number of rotatable bonds is 1. The van der Waals surface area contributed by atoms with Gasteiger partial charge in [-0.1, -0.05) is 23.7 Å². The van der Waals surface area contributed by atoms with E-state index >= 15 is 0 Å². The topological polar surface area (TPSA) is 43.1 Å². The molecule has 0 spiro atoms. The van der Waals surface area contributed by atoms with Crippen molar-refractivity contribution in [2.45, 2.75) is 6.18 Å². The molecule has 0 aliphatic carbocycles. The van der Waals surface area contributed by atoms with Crippen molar-refractivity contribution in [1.29, 1.82) is 0 Å². The summed E-state index contributed by atoms with van der Waals surface area (Å²) in [5.41, 5.74) is 1.12. The highest BCUT2D eigenvalue weighted by Gasteiger charge is 2.36. The van der Waals surface area contributed by atoms with Gasteiger partial charge in [0, 0.05) is 16.8 Å². The molecule has 0 aliphatic rings. The van der Waals surface area contributed by atoms with E-state index in [4.69, 9.17) is 11.6 Å². The molecule has 0 unspecified atom stereocenters. The third-order valence-corrected chi connectivity index (χ3v) is 2.89. The predicted molar refractivity (Wildman–Crippen MR) is 66.2 cm³/mol. The van der Waals surface area contributed by atoms with Crippen molar-refractivity contribution >= 4 is 17.4 Å². The van der Waals surface area contributed by atoms with E-state index in [0.29, 0.717) is 16.3 Å². The molecule has 0 radical (unpaired) electrons. The Morgan fingerprint density at radius 2 is 1.75 bits per heavy atom. The summed E-state index contributed by atoms with van der Waals surface area (Å²) >= 11 is 5.79. The fourth-order valence-corrected chi connectivity index (χ4v) is 1.88. The first kappa shape index (κ1) is 12.9. The molecule has 0 atom stereocenters. The summed E-state index contributed by atoms with van der Waals surface area (Å²) in [5.74, 6) is -1.32. The van der Waals surface area contributed by atoms with Crippen molar-refractivity contribution in [3.63, 3.8) is 0 Å². The molecule has 0 amide bonds. The largest absolute Gasteiger partial charge is 0.453 e. The van der Waals surface area contributed by atoms with Crippen molar-refractivity contribution < 1.29 is 13.2 Å². The zero-order chi connectivity index (χ0) is 14.3. The van der Waals surface area contributed by atoms with Crippen molar-refractivity contribution in [1.82, 2.24) is 19.6 Å². The number of alkyl halides is 3. The quantitative estimate of drug-likeness (QED) is 0.691. The van der Waals surface area contributed by atoms with Gasteiger partial charge in [0.25, 0.3) is 11.6 Å².